The number of hydrogen-bond acceptors (Lipinski definition) is 7. The molecule has 0 amide bonds. The van der Waals surface area contributed by atoms with Crippen LogP contribution >= 0.6 is 11.3 Å². The second-order valence-electron chi connectivity index (χ2n) is 8.23. The van der Waals surface area contributed by atoms with Crippen molar-refractivity contribution >= 4 is 23.0 Å². The molecule has 1 aliphatic heterocycles. The Hall–Kier alpha value is -3.65. The van der Waals surface area contributed by atoms with Crippen LogP contribution in [0.5, 0.6) is 0 Å². The predicted molar refractivity (Wildman–Crippen MR) is 133 cm³/mol. The van der Waals surface area contributed by atoms with Crippen LogP contribution in [0.15, 0.2) is 53.8 Å². The van der Waals surface area contributed by atoms with E-state index in [2.05, 4.69) is 53.3 Å². The molecule has 1 aromatic carbocycles. The van der Waals surface area contributed by atoms with Crippen molar-refractivity contribution in [2.45, 2.75) is 40.2 Å². The number of pyridine rings is 1. The molecule has 0 spiro atoms. The van der Waals surface area contributed by atoms with E-state index in [4.69, 9.17) is 9.73 Å². The molecule has 4 aromatic rings. The molecule has 0 unspecified atom stereocenters. The number of hydrogen-bond donors (Lipinski definition) is 0. The molecule has 8 heteroatoms. The van der Waals surface area contributed by atoms with Crippen molar-refractivity contribution in [3.05, 3.63) is 82.0 Å². The van der Waals surface area contributed by atoms with Crippen LogP contribution in [0, 0.1) is 20.8 Å². The molecule has 0 fully saturated rings. The van der Waals surface area contributed by atoms with Gasteiger partial charge in [-0.3, -0.25) is 19.3 Å². The third-order valence-electron chi connectivity index (χ3n) is 6.06. The Labute approximate surface area is 202 Å². The van der Waals surface area contributed by atoms with Crippen molar-refractivity contribution in [1.29, 1.82) is 0 Å². The zero-order valence-corrected chi connectivity index (χ0v) is 20.4. The summed E-state index contributed by atoms with van der Waals surface area (Å²) < 4.78 is 7.29. The first-order valence-corrected chi connectivity index (χ1v) is 12.1. The lowest BCUT2D eigenvalue weighted by molar-refractivity contribution is -0.143. The molecule has 1 aliphatic rings. The molecule has 4 heterocycles. The number of carbonyl (C=O) groups excluding carboxylic acids is 1. The molecule has 5 rings (SSSR count). The first-order chi connectivity index (χ1) is 16.5. The third-order valence-corrected chi connectivity index (χ3v) is 7.25. The minimum atomic E-state index is -0.493. The summed E-state index contributed by atoms with van der Waals surface area (Å²) in [6, 6.07) is 11.8. The number of esters is 1. The van der Waals surface area contributed by atoms with Crippen LogP contribution in [0.3, 0.4) is 0 Å². The number of aromatic nitrogens is 4. The van der Waals surface area contributed by atoms with Crippen LogP contribution in [0.1, 0.15) is 52.6 Å². The van der Waals surface area contributed by atoms with E-state index in [0.717, 1.165) is 38.8 Å². The summed E-state index contributed by atoms with van der Waals surface area (Å²) >= 11 is 1.70. The molecule has 0 saturated heterocycles. The van der Waals surface area contributed by atoms with Crippen LogP contribution < -0.4 is 0 Å². The van der Waals surface area contributed by atoms with Crippen molar-refractivity contribution < 1.29 is 9.53 Å². The maximum Gasteiger partial charge on any atom is 0.308 e. The van der Waals surface area contributed by atoms with Gasteiger partial charge in [-0.15, -0.1) is 21.5 Å². The average Bonchev–Trinajstić information content (AvgIpc) is 3.32. The van der Waals surface area contributed by atoms with Crippen LogP contribution in [0.25, 0.3) is 16.1 Å². The maximum atomic E-state index is 12.5. The highest BCUT2D eigenvalue weighted by molar-refractivity contribution is 7.15. The number of benzene rings is 1. The standard InChI is InChI=1S/C26H25N5O2S/c1-5-33-22(32)13-21-25-30-29-17(4)31(25)26-23(15(2)16(3)34-26)24(28-21)19-10-8-18(9-11-19)20-7-6-12-27-14-20/h6-12,14,21H,5,13H2,1-4H3/t21-/m0/s1. The molecular formula is C26H25N5O2S. The van der Waals surface area contributed by atoms with E-state index in [1.807, 2.05) is 29.8 Å². The Balaban J connectivity index is 1.67. The minimum Gasteiger partial charge on any atom is -0.466 e. The van der Waals surface area contributed by atoms with Gasteiger partial charge in [0.25, 0.3) is 0 Å². The predicted octanol–water partition coefficient (Wildman–Crippen LogP) is 5.16. The Bertz CT molecular complexity index is 1390. The highest BCUT2D eigenvalue weighted by Crippen LogP contribution is 2.39. The number of aliphatic imine (C=N–C) groups is 1. The topological polar surface area (TPSA) is 82.3 Å². The largest absolute Gasteiger partial charge is 0.466 e. The second-order valence-corrected chi connectivity index (χ2v) is 9.43. The fourth-order valence-corrected chi connectivity index (χ4v) is 5.47. The molecule has 0 radical (unpaired) electrons. The molecule has 7 nitrogen and oxygen atoms in total. The number of rotatable bonds is 5. The Morgan fingerprint density at radius 3 is 2.53 bits per heavy atom. The van der Waals surface area contributed by atoms with Gasteiger partial charge < -0.3 is 4.74 Å². The van der Waals surface area contributed by atoms with Gasteiger partial charge >= 0.3 is 5.97 Å². The Morgan fingerprint density at radius 1 is 1.06 bits per heavy atom. The van der Waals surface area contributed by atoms with Gasteiger partial charge in [-0.05, 0) is 50.5 Å². The first kappa shape index (κ1) is 22.2. The summed E-state index contributed by atoms with van der Waals surface area (Å²) in [4.78, 5) is 23.0. The summed E-state index contributed by atoms with van der Waals surface area (Å²) in [5.41, 5.74) is 6.22. The summed E-state index contributed by atoms with van der Waals surface area (Å²) in [7, 11) is 0. The smallest absolute Gasteiger partial charge is 0.308 e. The summed E-state index contributed by atoms with van der Waals surface area (Å²) in [5.74, 6) is 1.14. The fourth-order valence-electron chi connectivity index (χ4n) is 4.26. The van der Waals surface area contributed by atoms with Crippen molar-refractivity contribution in [1.82, 2.24) is 19.7 Å². The minimum absolute atomic E-state index is 0.107. The van der Waals surface area contributed by atoms with Crippen molar-refractivity contribution in [2.24, 2.45) is 4.99 Å². The van der Waals surface area contributed by atoms with Gasteiger partial charge in [0, 0.05) is 28.4 Å². The molecule has 0 aliphatic carbocycles. The highest BCUT2D eigenvalue weighted by atomic mass is 32.1. The van der Waals surface area contributed by atoms with E-state index < -0.39 is 6.04 Å². The van der Waals surface area contributed by atoms with Crippen LogP contribution in [0.2, 0.25) is 0 Å². The van der Waals surface area contributed by atoms with Gasteiger partial charge in [-0.1, -0.05) is 30.3 Å². The molecule has 0 saturated carbocycles. The molecule has 34 heavy (non-hydrogen) atoms. The fraction of sp³-hybridized carbons (Fsp3) is 0.269. The number of thiophene rings is 1. The molecule has 0 bridgehead atoms. The van der Waals surface area contributed by atoms with E-state index in [1.54, 1.807) is 24.5 Å². The van der Waals surface area contributed by atoms with Crippen LogP contribution in [0.4, 0.5) is 0 Å². The molecule has 1 atom stereocenters. The Kier molecular flexibility index (Phi) is 5.83. The van der Waals surface area contributed by atoms with Gasteiger partial charge in [-0.2, -0.15) is 0 Å². The molecular weight excluding hydrogens is 446 g/mol. The van der Waals surface area contributed by atoms with Gasteiger partial charge in [0.2, 0.25) is 0 Å². The van der Waals surface area contributed by atoms with Gasteiger partial charge in [0.05, 0.1) is 18.7 Å². The lowest BCUT2D eigenvalue weighted by Crippen LogP contribution is -2.13. The van der Waals surface area contributed by atoms with Gasteiger partial charge in [0.1, 0.15) is 16.9 Å². The molecule has 172 valence electrons. The van der Waals surface area contributed by atoms with E-state index >= 15 is 0 Å². The van der Waals surface area contributed by atoms with Crippen molar-refractivity contribution in [3.8, 4) is 16.1 Å². The lowest BCUT2D eigenvalue weighted by Gasteiger charge is -2.12. The first-order valence-electron chi connectivity index (χ1n) is 11.2. The molecule has 3 aromatic heterocycles. The summed E-state index contributed by atoms with van der Waals surface area (Å²) in [5, 5.41) is 9.78. The van der Waals surface area contributed by atoms with Crippen LogP contribution in [-0.2, 0) is 9.53 Å². The maximum absolute atomic E-state index is 12.5. The second kappa shape index (κ2) is 8.95. The normalized spacial score (nSPS) is 14.7. The summed E-state index contributed by atoms with van der Waals surface area (Å²) in [6.45, 7) is 8.30. The van der Waals surface area contributed by atoms with Crippen LogP contribution in [-0.4, -0.2) is 38.0 Å². The van der Waals surface area contributed by atoms with Gasteiger partial charge in [0.15, 0.2) is 5.82 Å². The lowest BCUT2D eigenvalue weighted by atomic mass is 9.97. The number of fused-ring (bicyclic) bond motifs is 3. The molecule has 0 N–H and O–H groups in total. The van der Waals surface area contributed by atoms with Crippen molar-refractivity contribution in [2.75, 3.05) is 6.61 Å². The highest BCUT2D eigenvalue weighted by Gasteiger charge is 2.32. The van der Waals surface area contributed by atoms with Crippen molar-refractivity contribution in [3.63, 3.8) is 0 Å². The zero-order valence-electron chi connectivity index (χ0n) is 19.6. The quantitative estimate of drug-likeness (QED) is 0.376. The van der Waals surface area contributed by atoms with E-state index in [1.165, 1.54) is 10.4 Å². The number of aryl methyl sites for hydroxylation is 2. The average molecular weight is 472 g/mol. The zero-order chi connectivity index (χ0) is 23.8. The van der Waals surface area contributed by atoms with E-state index in [9.17, 15) is 4.79 Å². The third kappa shape index (κ3) is 3.84. The van der Waals surface area contributed by atoms with Gasteiger partial charge in [-0.25, -0.2) is 0 Å². The number of carbonyl (C=O) groups is 1. The van der Waals surface area contributed by atoms with E-state index in [-0.39, 0.29) is 12.4 Å². The van der Waals surface area contributed by atoms with E-state index in [0.29, 0.717) is 12.4 Å². The monoisotopic (exact) mass is 471 g/mol. The number of nitrogens with zero attached hydrogens (tertiary/aromatic N) is 5. The number of ether oxygens (including phenoxy) is 1. The SMILES string of the molecule is CCOC(=O)C[C@@H]1N=C(c2ccc(-c3cccnc3)cc2)c2c(sc(C)c2C)-n2c(C)nnc21. The Morgan fingerprint density at radius 2 is 1.82 bits per heavy atom. The summed E-state index contributed by atoms with van der Waals surface area (Å²) in [6.07, 6.45) is 3.73.